The summed E-state index contributed by atoms with van der Waals surface area (Å²) < 4.78 is 11.6. The monoisotopic (exact) mass is 305 g/mol. The highest BCUT2D eigenvalue weighted by molar-refractivity contribution is 5.39. The van der Waals surface area contributed by atoms with Crippen LogP contribution in [0, 0.1) is 0 Å². The SMILES string of the molecule is c1cncc(NCCCNC2CCOC3(CCOCC3)C2)c1. The van der Waals surface area contributed by atoms with E-state index < -0.39 is 0 Å². The van der Waals surface area contributed by atoms with Crippen molar-refractivity contribution >= 4 is 5.69 Å². The van der Waals surface area contributed by atoms with Crippen LogP contribution in [0.4, 0.5) is 5.69 Å². The number of ether oxygens (including phenoxy) is 2. The number of hydrogen-bond acceptors (Lipinski definition) is 5. The molecule has 1 atom stereocenters. The van der Waals surface area contributed by atoms with Crippen molar-refractivity contribution in [3.05, 3.63) is 24.5 Å². The lowest BCUT2D eigenvalue weighted by atomic mass is 9.84. The highest BCUT2D eigenvalue weighted by Crippen LogP contribution is 2.34. The summed E-state index contributed by atoms with van der Waals surface area (Å²) in [4.78, 5) is 4.10. The highest BCUT2D eigenvalue weighted by Gasteiger charge is 2.38. The highest BCUT2D eigenvalue weighted by atomic mass is 16.5. The molecule has 22 heavy (non-hydrogen) atoms. The third-order valence-corrected chi connectivity index (χ3v) is 4.67. The molecule has 2 N–H and O–H groups in total. The Morgan fingerprint density at radius 1 is 1.23 bits per heavy atom. The Morgan fingerprint density at radius 2 is 2.14 bits per heavy atom. The second-order valence-electron chi connectivity index (χ2n) is 6.31. The molecule has 2 saturated heterocycles. The van der Waals surface area contributed by atoms with E-state index in [0.29, 0.717) is 6.04 Å². The average Bonchev–Trinajstić information content (AvgIpc) is 2.56. The zero-order chi connectivity index (χ0) is 15.1. The third kappa shape index (κ3) is 4.41. The molecule has 2 aliphatic rings. The summed E-state index contributed by atoms with van der Waals surface area (Å²) >= 11 is 0. The van der Waals surface area contributed by atoms with Gasteiger partial charge >= 0.3 is 0 Å². The molecule has 2 fully saturated rings. The van der Waals surface area contributed by atoms with Gasteiger partial charge in [0, 0.05) is 44.8 Å². The van der Waals surface area contributed by atoms with Crippen LogP contribution in [-0.4, -0.2) is 49.5 Å². The molecule has 3 heterocycles. The van der Waals surface area contributed by atoms with E-state index in [-0.39, 0.29) is 5.60 Å². The van der Waals surface area contributed by atoms with E-state index in [2.05, 4.69) is 15.6 Å². The Labute approximate surface area is 132 Å². The number of rotatable bonds is 6. The number of pyridine rings is 1. The van der Waals surface area contributed by atoms with Crippen LogP contribution >= 0.6 is 0 Å². The van der Waals surface area contributed by atoms with Gasteiger partial charge < -0.3 is 20.1 Å². The molecule has 0 radical (unpaired) electrons. The van der Waals surface area contributed by atoms with E-state index in [1.807, 2.05) is 18.3 Å². The van der Waals surface area contributed by atoms with Gasteiger partial charge in [0.15, 0.2) is 0 Å². The summed E-state index contributed by atoms with van der Waals surface area (Å²) in [5.74, 6) is 0. The number of nitrogens with one attached hydrogen (secondary N) is 2. The van der Waals surface area contributed by atoms with E-state index in [1.165, 1.54) is 0 Å². The molecular weight excluding hydrogens is 278 g/mol. The maximum atomic E-state index is 6.08. The first-order valence-corrected chi connectivity index (χ1v) is 8.45. The summed E-state index contributed by atoms with van der Waals surface area (Å²) in [6.07, 6.45) is 9.12. The Morgan fingerprint density at radius 3 is 2.95 bits per heavy atom. The Hall–Kier alpha value is -1.17. The van der Waals surface area contributed by atoms with Gasteiger partial charge in [0.1, 0.15) is 0 Å². The smallest absolute Gasteiger partial charge is 0.0741 e. The largest absolute Gasteiger partial charge is 0.384 e. The molecule has 0 saturated carbocycles. The molecule has 5 nitrogen and oxygen atoms in total. The second kappa shape index (κ2) is 7.90. The van der Waals surface area contributed by atoms with Gasteiger partial charge in [0.2, 0.25) is 0 Å². The van der Waals surface area contributed by atoms with Crippen molar-refractivity contribution < 1.29 is 9.47 Å². The molecule has 0 bridgehead atoms. The minimum Gasteiger partial charge on any atom is -0.384 e. The number of aromatic nitrogens is 1. The Bertz CT molecular complexity index is 429. The van der Waals surface area contributed by atoms with E-state index >= 15 is 0 Å². The van der Waals surface area contributed by atoms with Crippen molar-refractivity contribution in [3.8, 4) is 0 Å². The van der Waals surface area contributed by atoms with Crippen LogP contribution in [0.5, 0.6) is 0 Å². The molecule has 1 aromatic rings. The maximum absolute atomic E-state index is 6.08. The van der Waals surface area contributed by atoms with Gasteiger partial charge in [0.25, 0.3) is 0 Å². The Kier molecular flexibility index (Phi) is 5.64. The summed E-state index contributed by atoms with van der Waals surface area (Å²) in [7, 11) is 0. The minimum atomic E-state index is 0.0854. The van der Waals surface area contributed by atoms with Crippen molar-refractivity contribution in [1.29, 1.82) is 0 Å². The van der Waals surface area contributed by atoms with Crippen LogP contribution in [-0.2, 0) is 9.47 Å². The normalized spacial score (nSPS) is 24.3. The predicted octanol–water partition coefficient (Wildman–Crippen LogP) is 2.20. The van der Waals surface area contributed by atoms with E-state index in [9.17, 15) is 0 Å². The van der Waals surface area contributed by atoms with Gasteiger partial charge in [-0.05, 0) is 50.8 Å². The minimum absolute atomic E-state index is 0.0854. The maximum Gasteiger partial charge on any atom is 0.0741 e. The van der Waals surface area contributed by atoms with Crippen LogP contribution in [0.3, 0.4) is 0 Å². The zero-order valence-electron chi connectivity index (χ0n) is 13.2. The van der Waals surface area contributed by atoms with Gasteiger partial charge in [-0.2, -0.15) is 0 Å². The van der Waals surface area contributed by atoms with Crippen LogP contribution in [0.15, 0.2) is 24.5 Å². The van der Waals surface area contributed by atoms with Crippen molar-refractivity contribution in [2.24, 2.45) is 0 Å². The molecule has 5 heteroatoms. The van der Waals surface area contributed by atoms with Gasteiger partial charge in [-0.15, -0.1) is 0 Å². The van der Waals surface area contributed by atoms with Crippen LogP contribution in [0.25, 0.3) is 0 Å². The van der Waals surface area contributed by atoms with Crippen molar-refractivity contribution in [2.45, 2.75) is 43.7 Å². The molecule has 1 aromatic heterocycles. The third-order valence-electron chi connectivity index (χ3n) is 4.67. The molecular formula is C17H27N3O2. The fraction of sp³-hybridized carbons (Fsp3) is 0.706. The lowest BCUT2D eigenvalue weighted by Gasteiger charge is -2.43. The fourth-order valence-corrected chi connectivity index (χ4v) is 3.39. The van der Waals surface area contributed by atoms with Gasteiger partial charge in [0.05, 0.1) is 11.3 Å². The van der Waals surface area contributed by atoms with Crippen molar-refractivity contribution in [3.63, 3.8) is 0 Å². The van der Waals surface area contributed by atoms with E-state index in [1.54, 1.807) is 6.20 Å². The number of hydrogen-bond donors (Lipinski definition) is 2. The summed E-state index contributed by atoms with van der Waals surface area (Å²) in [5, 5.41) is 7.10. The molecule has 1 unspecified atom stereocenters. The van der Waals surface area contributed by atoms with Crippen molar-refractivity contribution in [1.82, 2.24) is 10.3 Å². The fourth-order valence-electron chi connectivity index (χ4n) is 3.39. The molecule has 3 rings (SSSR count). The first-order valence-electron chi connectivity index (χ1n) is 8.45. The number of anilines is 1. The number of nitrogens with zero attached hydrogens (tertiary/aromatic N) is 1. The lowest BCUT2D eigenvalue weighted by molar-refractivity contribution is -0.140. The molecule has 1 spiro atoms. The lowest BCUT2D eigenvalue weighted by Crippen LogP contribution is -2.50. The second-order valence-corrected chi connectivity index (χ2v) is 6.31. The molecule has 0 amide bonds. The molecule has 2 aliphatic heterocycles. The van der Waals surface area contributed by atoms with Gasteiger partial charge in [-0.3, -0.25) is 4.98 Å². The molecule has 122 valence electrons. The van der Waals surface area contributed by atoms with Crippen LogP contribution < -0.4 is 10.6 Å². The first kappa shape index (κ1) is 15.7. The summed E-state index contributed by atoms with van der Waals surface area (Å²) in [6, 6.07) is 4.59. The topological polar surface area (TPSA) is 55.4 Å². The quantitative estimate of drug-likeness (QED) is 0.789. The van der Waals surface area contributed by atoms with E-state index in [0.717, 1.165) is 70.7 Å². The Balaban J connectivity index is 1.33. The van der Waals surface area contributed by atoms with Gasteiger partial charge in [-0.25, -0.2) is 0 Å². The summed E-state index contributed by atoms with van der Waals surface area (Å²) in [5.41, 5.74) is 1.18. The average molecular weight is 305 g/mol. The standard InChI is InChI=1S/C17H27N3O2/c1-3-16(14-18-7-1)20-9-2-8-19-15-4-10-22-17(13-15)5-11-21-12-6-17/h1,3,7,14-15,19-20H,2,4-6,8-13H2. The van der Waals surface area contributed by atoms with Crippen LogP contribution in [0.2, 0.25) is 0 Å². The molecule has 0 aromatic carbocycles. The van der Waals surface area contributed by atoms with Gasteiger partial charge in [-0.1, -0.05) is 0 Å². The van der Waals surface area contributed by atoms with Crippen LogP contribution in [0.1, 0.15) is 32.1 Å². The summed E-state index contributed by atoms with van der Waals surface area (Å²) in [6.45, 7) is 4.60. The first-order chi connectivity index (χ1) is 10.9. The van der Waals surface area contributed by atoms with Crippen molar-refractivity contribution in [2.75, 3.05) is 38.2 Å². The zero-order valence-corrected chi connectivity index (χ0v) is 13.2. The molecule has 0 aliphatic carbocycles. The predicted molar refractivity (Wildman–Crippen MR) is 87.1 cm³/mol. The van der Waals surface area contributed by atoms with E-state index in [4.69, 9.17) is 9.47 Å².